The summed E-state index contributed by atoms with van der Waals surface area (Å²) in [6.45, 7) is 6.58. The van der Waals surface area contributed by atoms with Crippen LogP contribution in [0.4, 0.5) is 5.69 Å². The summed E-state index contributed by atoms with van der Waals surface area (Å²) in [5.41, 5.74) is 6.78. The molecule has 6 rings (SSSR count). The summed E-state index contributed by atoms with van der Waals surface area (Å²) in [5, 5.41) is 0. The first-order valence-corrected chi connectivity index (χ1v) is 11.4. The van der Waals surface area contributed by atoms with Gasteiger partial charge < -0.3 is 9.32 Å². The third kappa shape index (κ3) is 3.37. The lowest BCUT2D eigenvalue weighted by Gasteiger charge is -2.39. The Balaban J connectivity index is 1.33. The van der Waals surface area contributed by atoms with Gasteiger partial charge in [0.1, 0.15) is 11.3 Å². The molecule has 0 N–H and O–H groups in total. The molecule has 2 aliphatic heterocycles. The fraction of sp³-hybridized carbons (Fsp3) is 0.385. The number of allylic oxidation sites excluding steroid dienone is 1. The van der Waals surface area contributed by atoms with Gasteiger partial charge in [-0.2, -0.15) is 0 Å². The molecule has 1 aliphatic carbocycles. The smallest absolute Gasteiger partial charge is 0.166 e. The number of furan rings is 1. The maximum absolute atomic E-state index is 13.0. The van der Waals surface area contributed by atoms with Gasteiger partial charge in [-0.25, -0.2) is 4.98 Å². The molecule has 158 valence electrons. The van der Waals surface area contributed by atoms with Crippen LogP contribution in [-0.2, 0) is 11.2 Å². The van der Waals surface area contributed by atoms with Crippen LogP contribution in [0.25, 0.3) is 22.7 Å². The van der Waals surface area contributed by atoms with Crippen LogP contribution in [0.2, 0.25) is 0 Å². The van der Waals surface area contributed by atoms with Crippen molar-refractivity contribution < 1.29 is 9.21 Å². The van der Waals surface area contributed by atoms with Crippen molar-refractivity contribution in [3.8, 4) is 0 Å². The molecule has 1 atom stereocenters. The van der Waals surface area contributed by atoms with Gasteiger partial charge in [-0.1, -0.05) is 6.07 Å². The summed E-state index contributed by atoms with van der Waals surface area (Å²) in [7, 11) is 0. The number of aromatic nitrogens is 1. The Morgan fingerprint density at radius 1 is 1.06 bits per heavy atom. The minimum Gasteiger partial charge on any atom is -0.454 e. The van der Waals surface area contributed by atoms with Gasteiger partial charge in [0.2, 0.25) is 0 Å². The van der Waals surface area contributed by atoms with Gasteiger partial charge in [-0.3, -0.25) is 9.69 Å². The number of aryl methyl sites for hydroxylation is 2. The lowest BCUT2D eigenvalue weighted by Crippen LogP contribution is -2.50. The highest BCUT2D eigenvalue weighted by atomic mass is 16.3. The second-order valence-electron chi connectivity index (χ2n) is 9.09. The quantitative estimate of drug-likeness (QED) is 0.620. The summed E-state index contributed by atoms with van der Waals surface area (Å²) in [6.07, 6.45) is 5.92. The first kappa shape index (κ1) is 18.8. The van der Waals surface area contributed by atoms with Crippen LogP contribution in [0.3, 0.4) is 0 Å². The van der Waals surface area contributed by atoms with E-state index in [2.05, 4.69) is 33.0 Å². The first-order valence-electron chi connectivity index (χ1n) is 11.4. The number of fused-ring (bicyclic) bond motifs is 3. The van der Waals surface area contributed by atoms with E-state index in [1.165, 1.54) is 30.6 Å². The maximum atomic E-state index is 13.0. The van der Waals surface area contributed by atoms with Crippen LogP contribution in [0, 0.1) is 6.92 Å². The van der Waals surface area contributed by atoms with Crippen molar-refractivity contribution in [3.05, 3.63) is 59.0 Å². The van der Waals surface area contributed by atoms with E-state index in [4.69, 9.17) is 4.42 Å². The SMILES string of the molecule is Cc1ccc2oc(C3=Cc4ccc(N5CCN6CCC[C@H]6C5)cc4CCC3=O)cc2n1. The van der Waals surface area contributed by atoms with E-state index >= 15 is 0 Å². The molecule has 4 heterocycles. The lowest BCUT2D eigenvalue weighted by atomic mass is 10.0. The zero-order valence-corrected chi connectivity index (χ0v) is 17.9. The number of piperazine rings is 1. The molecule has 3 aromatic rings. The van der Waals surface area contributed by atoms with Gasteiger partial charge in [0.15, 0.2) is 11.4 Å². The molecule has 0 unspecified atom stereocenters. The molecule has 0 radical (unpaired) electrons. The van der Waals surface area contributed by atoms with Gasteiger partial charge in [-0.05, 0) is 74.2 Å². The van der Waals surface area contributed by atoms with Crippen molar-refractivity contribution in [2.75, 3.05) is 31.1 Å². The zero-order valence-electron chi connectivity index (χ0n) is 17.9. The predicted octanol–water partition coefficient (Wildman–Crippen LogP) is 4.48. The first-order chi connectivity index (χ1) is 15.1. The number of Topliss-reactive ketones (excluding diaryl/α,β-unsaturated/α-hetero) is 1. The van der Waals surface area contributed by atoms with Gasteiger partial charge in [0.05, 0.1) is 5.57 Å². The van der Waals surface area contributed by atoms with Crippen molar-refractivity contribution in [2.45, 2.75) is 38.6 Å². The van der Waals surface area contributed by atoms with E-state index in [1.807, 2.05) is 31.2 Å². The van der Waals surface area contributed by atoms with Crippen LogP contribution in [0.1, 0.15) is 41.8 Å². The van der Waals surface area contributed by atoms with Crippen LogP contribution in [0.5, 0.6) is 0 Å². The summed E-state index contributed by atoms with van der Waals surface area (Å²) >= 11 is 0. The molecule has 3 aliphatic rings. The third-order valence-electron chi connectivity index (χ3n) is 7.08. The number of anilines is 1. The summed E-state index contributed by atoms with van der Waals surface area (Å²) < 4.78 is 6.00. The Labute approximate surface area is 182 Å². The van der Waals surface area contributed by atoms with E-state index in [0.29, 0.717) is 23.8 Å². The molecular formula is C26H27N3O2. The minimum absolute atomic E-state index is 0.132. The fourth-order valence-electron chi connectivity index (χ4n) is 5.36. The van der Waals surface area contributed by atoms with Gasteiger partial charge in [0, 0.05) is 49.5 Å². The van der Waals surface area contributed by atoms with Gasteiger partial charge >= 0.3 is 0 Å². The van der Waals surface area contributed by atoms with Crippen molar-refractivity contribution in [3.63, 3.8) is 0 Å². The predicted molar refractivity (Wildman–Crippen MR) is 123 cm³/mol. The normalized spacial score (nSPS) is 21.7. The monoisotopic (exact) mass is 413 g/mol. The molecular weight excluding hydrogens is 386 g/mol. The lowest BCUT2D eigenvalue weighted by molar-refractivity contribution is -0.113. The van der Waals surface area contributed by atoms with Crippen molar-refractivity contribution in [1.29, 1.82) is 0 Å². The molecule has 0 amide bonds. The highest BCUT2D eigenvalue weighted by molar-refractivity contribution is 6.25. The van der Waals surface area contributed by atoms with Gasteiger partial charge in [-0.15, -0.1) is 0 Å². The van der Waals surface area contributed by atoms with Crippen molar-refractivity contribution >= 4 is 34.2 Å². The fourth-order valence-corrected chi connectivity index (χ4v) is 5.36. The Morgan fingerprint density at radius 3 is 2.94 bits per heavy atom. The van der Waals surface area contributed by atoms with E-state index in [-0.39, 0.29) is 5.78 Å². The number of nitrogens with zero attached hydrogens (tertiary/aromatic N) is 3. The Morgan fingerprint density at radius 2 is 2.00 bits per heavy atom. The minimum atomic E-state index is 0.132. The largest absolute Gasteiger partial charge is 0.454 e. The van der Waals surface area contributed by atoms with E-state index in [9.17, 15) is 4.79 Å². The van der Waals surface area contributed by atoms with E-state index in [1.54, 1.807) is 0 Å². The summed E-state index contributed by atoms with van der Waals surface area (Å²) in [5.74, 6) is 0.750. The second kappa shape index (κ2) is 7.34. The molecule has 0 bridgehead atoms. The van der Waals surface area contributed by atoms with Crippen LogP contribution in [-0.4, -0.2) is 47.9 Å². The molecule has 2 saturated heterocycles. The second-order valence-corrected chi connectivity index (χ2v) is 9.09. The highest BCUT2D eigenvalue weighted by Gasteiger charge is 2.31. The number of hydrogen-bond donors (Lipinski definition) is 0. The average molecular weight is 414 g/mol. The van der Waals surface area contributed by atoms with E-state index in [0.717, 1.165) is 48.4 Å². The van der Waals surface area contributed by atoms with Gasteiger partial charge in [0.25, 0.3) is 0 Å². The summed E-state index contributed by atoms with van der Waals surface area (Å²) in [4.78, 5) is 22.7. The molecule has 2 aromatic heterocycles. The van der Waals surface area contributed by atoms with Crippen molar-refractivity contribution in [1.82, 2.24) is 9.88 Å². The Hall–Kier alpha value is -2.92. The molecule has 5 heteroatoms. The molecule has 2 fully saturated rings. The maximum Gasteiger partial charge on any atom is 0.166 e. The molecule has 0 saturated carbocycles. The number of rotatable bonds is 2. The molecule has 1 aromatic carbocycles. The number of carbonyl (C=O) groups excluding carboxylic acids is 1. The Bertz CT molecular complexity index is 1210. The van der Waals surface area contributed by atoms with Crippen LogP contribution < -0.4 is 4.90 Å². The highest BCUT2D eigenvalue weighted by Crippen LogP contribution is 2.33. The molecule has 5 nitrogen and oxygen atoms in total. The number of carbonyl (C=O) groups is 1. The Kier molecular flexibility index (Phi) is 4.46. The average Bonchev–Trinajstić information content (AvgIpc) is 3.38. The standard InChI is InChI=1S/C26H27N3O2/c1-17-4-9-25-23(27-17)15-26(31-25)22-14-19-5-7-20(13-18(19)6-8-24(22)30)29-12-11-28-10-2-3-21(28)16-29/h4-5,7,9,13-15,21H,2-3,6,8,10-12,16H2,1H3/t21-/m0/s1. The summed E-state index contributed by atoms with van der Waals surface area (Å²) in [6, 6.07) is 13.1. The van der Waals surface area contributed by atoms with Crippen LogP contribution >= 0.6 is 0 Å². The zero-order chi connectivity index (χ0) is 20.9. The number of pyridine rings is 1. The topological polar surface area (TPSA) is 49.6 Å². The number of ketones is 1. The molecule has 31 heavy (non-hydrogen) atoms. The van der Waals surface area contributed by atoms with E-state index < -0.39 is 0 Å². The van der Waals surface area contributed by atoms with Crippen LogP contribution in [0.15, 0.2) is 40.8 Å². The molecule has 0 spiro atoms. The van der Waals surface area contributed by atoms with Crippen molar-refractivity contribution in [2.24, 2.45) is 0 Å². The third-order valence-corrected chi connectivity index (χ3v) is 7.08. The number of benzene rings is 1. The number of hydrogen-bond acceptors (Lipinski definition) is 5.